The topological polar surface area (TPSA) is 105 Å². The van der Waals surface area contributed by atoms with E-state index >= 15 is 0 Å². The molecule has 174 valence electrons. The van der Waals surface area contributed by atoms with Crippen LogP contribution in [-0.4, -0.2) is 42.5 Å². The molecule has 1 N–H and O–H groups in total. The van der Waals surface area contributed by atoms with E-state index in [0.29, 0.717) is 28.6 Å². The number of benzene rings is 2. The summed E-state index contributed by atoms with van der Waals surface area (Å²) in [6.45, 7) is -0.205. The minimum atomic E-state index is -0.685. The van der Waals surface area contributed by atoms with Crippen LogP contribution in [0.1, 0.15) is 16.1 Å². The van der Waals surface area contributed by atoms with Crippen LogP contribution < -0.4 is 14.8 Å². The zero-order valence-corrected chi connectivity index (χ0v) is 18.7. The Bertz CT molecular complexity index is 1270. The Labute approximate surface area is 195 Å². The van der Waals surface area contributed by atoms with Crippen LogP contribution in [0.3, 0.4) is 0 Å². The Morgan fingerprint density at radius 1 is 0.971 bits per heavy atom. The summed E-state index contributed by atoms with van der Waals surface area (Å²) < 4.78 is 22.6. The molecule has 4 rings (SSSR count). The predicted octanol–water partition coefficient (Wildman–Crippen LogP) is 3.62. The van der Waals surface area contributed by atoms with E-state index in [4.69, 9.17) is 18.6 Å². The second-order valence-electron chi connectivity index (χ2n) is 7.18. The second kappa shape index (κ2) is 10.4. The summed E-state index contributed by atoms with van der Waals surface area (Å²) in [5.41, 5.74) is 2.12. The van der Waals surface area contributed by atoms with Gasteiger partial charge in [-0.3, -0.25) is 4.79 Å². The molecule has 9 nitrogen and oxygen atoms in total. The van der Waals surface area contributed by atoms with Crippen molar-refractivity contribution in [3.63, 3.8) is 0 Å². The van der Waals surface area contributed by atoms with Crippen LogP contribution in [0, 0.1) is 0 Å². The molecule has 0 spiro atoms. The highest BCUT2D eigenvalue weighted by Crippen LogP contribution is 2.27. The summed E-state index contributed by atoms with van der Waals surface area (Å²) in [6, 6.07) is 19.5. The van der Waals surface area contributed by atoms with Crippen molar-refractivity contribution < 1.29 is 28.2 Å². The SMILES string of the molecule is COc1ccc(CNC(=O)COC(=O)c2cc(-c3ccco3)nn2-c2ccccc2)cc1OC. The molecule has 0 atom stereocenters. The Balaban J connectivity index is 1.42. The van der Waals surface area contributed by atoms with Gasteiger partial charge in [0, 0.05) is 12.6 Å². The van der Waals surface area contributed by atoms with E-state index in [1.165, 1.54) is 18.1 Å². The van der Waals surface area contributed by atoms with Crippen molar-refractivity contribution in [1.29, 1.82) is 0 Å². The Hall–Kier alpha value is -4.53. The summed E-state index contributed by atoms with van der Waals surface area (Å²) in [4.78, 5) is 25.1. The van der Waals surface area contributed by atoms with Crippen LogP contribution in [0.15, 0.2) is 77.4 Å². The normalized spacial score (nSPS) is 10.5. The molecule has 0 fully saturated rings. The number of hydrogen-bond acceptors (Lipinski definition) is 7. The van der Waals surface area contributed by atoms with Gasteiger partial charge < -0.3 is 23.9 Å². The molecule has 0 unspecified atom stereocenters. The summed E-state index contributed by atoms with van der Waals surface area (Å²) in [5, 5.41) is 7.20. The number of para-hydroxylation sites is 1. The van der Waals surface area contributed by atoms with Crippen LogP contribution in [0.2, 0.25) is 0 Å². The molecule has 0 aliphatic carbocycles. The third kappa shape index (κ3) is 5.09. The number of carbonyl (C=O) groups excluding carboxylic acids is 2. The summed E-state index contributed by atoms with van der Waals surface area (Å²) in [5.74, 6) is 0.532. The van der Waals surface area contributed by atoms with E-state index < -0.39 is 18.5 Å². The Morgan fingerprint density at radius 2 is 1.76 bits per heavy atom. The number of rotatable bonds is 9. The largest absolute Gasteiger partial charge is 0.493 e. The first-order valence-corrected chi connectivity index (χ1v) is 10.4. The second-order valence-corrected chi connectivity index (χ2v) is 7.18. The number of hydrogen-bond donors (Lipinski definition) is 1. The highest BCUT2D eigenvalue weighted by atomic mass is 16.5. The summed E-state index contributed by atoms with van der Waals surface area (Å²) in [6.07, 6.45) is 1.53. The maximum atomic E-state index is 12.8. The highest BCUT2D eigenvalue weighted by molar-refractivity contribution is 5.91. The Morgan fingerprint density at radius 3 is 2.47 bits per heavy atom. The number of aromatic nitrogens is 2. The molecule has 2 aromatic heterocycles. The number of nitrogens with zero attached hydrogens (tertiary/aromatic N) is 2. The van der Waals surface area contributed by atoms with Crippen LogP contribution >= 0.6 is 0 Å². The average molecular weight is 461 g/mol. The molecular formula is C25H23N3O6. The van der Waals surface area contributed by atoms with E-state index in [0.717, 1.165) is 5.56 Å². The van der Waals surface area contributed by atoms with Crippen molar-refractivity contribution in [3.8, 4) is 28.6 Å². The molecular weight excluding hydrogens is 438 g/mol. The average Bonchev–Trinajstić information content (AvgIpc) is 3.57. The van der Waals surface area contributed by atoms with E-state index in [9.17, 15) is 9.59 Å². The molecule has 0 radical (unpaired) electrons. The maximum absolute atomic E-state index is 12.8. The van der Waals surface area contributed by atoms with Gasteiger partial charge in [-0.1, -0.05) is 24.3 Å². The van der Waals surface area contributed by atoms with Crippen LogP contribution in [0.4, 0.5) is 0 Å². The zero-order chi connectivity index (χ0) is 23.9. The van der Waals surface area contributed by atoms with E-state index in [1.54, 1.807) is 37.4 Å². The molecule has 4 aromatic rings. The van der Waals surface area contributed by atoms with Crippen LogP contribution in [-0.2, 0) is 16.1 Å². The first-order valence-electron chi connectivity index (χ1n) is 10.4. The van der Waals surface area contributed by atoms with Gasteiger partial charge in [-0.05, 0) is 42.0 Å². The smallest absolute Gasteiger partial charge is 0.357 e. The molecule has 34 heavy (non-hydrogen) atoms. The van der Waals surface area contributed by atoms with Gasteiger partial charge in [-0.25, -0.2) is 9.48 Å². The number of carbonyl (C=O) groups is 2. The van der Waals surface area contributed by atoms with Gasteiger partial charge in [0.25, 0.3) is 5.91 Å². The van der Waals surface area contributed by atoms with Crippen molar-refractivity contribution in [1.82, 2.24) is 15.1 Å². The number of ether oxygens (including phenoxy) is 3. The van der Waals surface area contributed by atoms with E-state index in [1.807, 2.05) is 36.4 Å². The minimum absolute atomic E-state index is 0.172. The van der Waals surface area contributed by atoms with Crippen molar-refractivity contribution >= 4 is 11.9 Å². The lowest BCUT2D eigenvalue weighted by atomic mass is 10.2. The van der Waals surface area contributed by atoms with Crippen LogP contribution in [0.5, 0.6) is 11.5 Å². The minimum Gasteiger partial charge on any atom is -0.493 e. The fraction of sp³-hybridized carbons (Fsp3) is 0.160. The standard InChI is InChI=1S/C25H23N3O6/c1-31-22-11-10-17(13-23(22)32-2)15-26-24(29)16-34-25(30)20-14-19(21-9-6-12-33-21)27-28(20)18-7-4-3-5-8-18/h3-14H,15-16H2,1-2H3,(H,26,29). The molecule has 1 amide bonds. The first kappa shape index (κ1) is 22.7. The zero-order valence-electron chi connectivity index (χ0n) is 18.7. The van der Waals surface area contributed by atoms with Gasteiger partial charge >= 0.3 is 5.97 Å². The third-order valence-electron chi connectivity index (χ3n) is 4.96. The predicted molar refractivity (Wildman–Crippen MR) is 123 cm³/mol. The van der Waals surface area contributed by atoms with Crippen molar-refractivity contribution in [3.05, 3.63) is 84.3 Å². The summed E-state index contributed by atoms with van der Waals surface area (Å²) >= 11 is 0. The Kier molecular flexibility index (Phi) is 6.92. The lowest BCUT2D eigenvalue weighted by Gasteiger charge is -2.11. The molecule has 0 saturated heterocycles. The summed E-state index contributed by atoms with van der Waals surface area (Å²) in [7, 11) is 3.09. The van der Waals surface area contributed by atoms with Crippen molar-refractivity contribution in [2.24, 2.45) is 0 Å². The maximum Gasteiger partial charge on any atom is 0.357 e. The highest BCUT2D eigenvalue weighted by Gasteiger charge is 2.21. The third-order valence-corrected chi connectivity index (χ3v) is 4.96. The van der Waals surface area contributed by atoms with Crippen molar-refractivity contribution in [2.75, 3.05) is 20.8 Å². The van der Waals surface area contributed by atoms with Gasteiger partial charge in [0.15, 0.2) is 29.6 Å². The van der Waals surface area contributed by atoms with Gasteiger partial charge in [0.1, 0.15) is 5.69 Å². The quantitative estimate of drug-likeness (QED) is 0.380. The molecule has 2 aromatic carbocycles. The van der Waals surface area contributed by atoms with Crippen molar-refractivity contribution in [2.45, 2.75) is 6.54 Å². The lowest BCUT2D eigenvalue weighted by molar-refractivity contribution is -0.124. The number of methoxy groups -OCH3 is 2. The molecule has 9 heteroatoms. The first-order chi connectivity index (χ1) is 16.6. The fourth-order valence-corrected chi connectivity index (χ4v) is 3.28. The molecule has 2 heterocycles. The molecule has 0 aliphatic rings. The van der Waals surface area contributed by atoms with Gasteiger partial charge in [-0.2, -0.15) is 5.10 Å². The number of esters is 1. The molecule has 0 bridgehead atoms. The number of furan rings is 1. The van der Waals surface area contributed by atoms with E-state index in [-0.39, 0.29) is 12.2 Å². The monoisotopic (exact) mass is 461 g/mol. The van der Waals surface area contributed by atoms with Crippen LogP contribution in [0.25, 0.3) is 17.1 Å². The number of amides is 1. The van der Waals surface area contributed by atoms with Gasteiger partial charge in [0.2, 0.25) is 0 Å². The van der Waals surface area contributed by atoms with E-state index in [2.05, 4.69) is 10.4 Å². The fourth-order valence-electron chi connectivity index (χ4n) is 3.28. The van der Waals surface area contributed by atoms with Gasteiger partial charge in [0.05, 0.1) is 26.2 Å². The van der Waals surface area contributed by atoms with Gasteiger partial charge in [-0.15, -0.1) is 0 Å². The molecule has 0 aliphatic heterocycles. The molecule has 0 saturated carbocycles. The number of nitrogens with one attached hydrogen (secondary N) is 1. The lowest BCUT2D eigenvalue weighted by Crippen LogP contribution is -2.28.